The molecule has 2 aliphatic rings. The maximum atomic E-state index is 12.5. The predicted octanol–water partition coefficient (Wildman–Crippen LogP) is 3.79. The van der Waals surface area contributed by atoms with E-state index in [9.17, 15) is 28.8 Å². The highest BCUT2D eigenvalue weighted by atomic mass is 16.6. The van der Waals surface area contributed by atoms with Gasteiger partial charge in [-0.25, -0.2) is 28.8 Å². The van der Waals surface area contributed by atoms with Crippen LogP contribution in [0.25, 0.3) is 0 Å². The van der Waals surface area contributed by atoms with Gasteiger partial charge in [0.25, 0.3) is 0 Å². The van der Waals surface area contributed by atoms with Crippen molar-refractivity contribution >= 4 is 44.0 Å². The number of hydrogen-bond donors (Lipinski definition) is 4. The lowest BCUT2D eigenvalue weighted by Gasteiger charge is -2.46. The van der Waals surface area contributed by atoms with E-state index in [0.29, 0.717) is 25.7 Å². The van der Waals surface area contributed by atoms with Crippen LogP contribution in [0.2, 0.25) is 0 Å². The highest BCUT2D eigenvalue weighted by molar-refractivity contribution is 6.25. The molecule has 17 heteroatoms. The molecule has 0 aliphatic heterocycles. The Bertz CT molecular complexity index is 1180. The number of hydrogen-bond acceptors (Lipinski definition) is 12. The Balaban J connectivity index is 1.74. The maximum Gasteiger partial charge on any atom is 0.582 e. The summed E-state index contributed by atoms with van der Waals surface area (Å²) >= 11 is 0. The van der Waals surface area contributed by atoms with Crippen molar-refractivity contribution in [3.05, 3.63) is 25.3 Å². The minimum Gasteiger partial charge on any atom is -0.485 e. The Kier molecular flexibility index (Phi) is 16.1. The lowest BCUT2D eigenvalue weighted by molar-refractivity contribution is -0.139. The first-order valence-electron chi connectivity index (χ1n) is 17.0. The normalized spacial score (nSPS) is 24.6. The fourth-order valence-electron chi connectivity index (χ4n) is 7.64. The molecule has 2 aliphatic carbocycles. The SMILES string of the molecule is C=CC(=O)OCCOC(=O)NC1CC(C)(C)CC(C)(CNC(=O)OBOC(=O)NCC2(C)CC(NC(=O)OCCOC(=O)C=C)CC(C)(C)C2)C1. The van der Waals surface area contributed by atoms with Gasteiger partial charge in [-0.1, -0.05) is 54.7 Å². The van der Waals surface area contributed by atoms with Crippen molar-refractivity contribution < 1.29 is 57.0 Å². The van der Waals surface area contributed by atoms with Crippen LogP contribution in [-0.4, -0.2) is 95.6 Å². The van der Waals surface area contributed by atoms with Crippen molar-refractivity contribution in [1.29, 1.82) is 0 Å². The van der Waals surface area contributed by atoms with E-state index in [0.717, 1.165) is 25.0 Å². The molecular weight excluding hydrogens is 667 g/mol. The zero-order chi connectivity index (χ0) is 38.3. The van der Waals surface area contributed by atoms with E-state index in [1.165, 1.54) is 0 Å². The summed E-state index contributed by atoms with van der Waals surface area (Å²) in [6.07, 6.45) is 3.35. The van der Waals surface area contributed by atoms with Gasteiger partial charge in [0.1, 0.15) is 26.4 Å². The summed E-state index contributed by atoms with van der Waals surface area (Å²) in [6, 6.07) is -0.437. The molecule has 4 atom stereocenters. The topological polar surface area (TPSA) is 206 Å². The second-order valence-corrected chi connectivity index (χ2v) is 15.5. The predicted molar refractivity (Wildman–Crippen MR) is 186 cm³/mol. The molecule has 0 saturated heterocycles. The monoisotopic (exact) mass is 722 g/mol. The molecule has 2 saturated carbocycles. The van der Waals surface area contributed by atoms with E-state index in [1.54, 1.807) is 0 Å². The van der Waals surface area contributed by atoms with Gasteiger partial charge in [-0.3, -0.25) is 0 Å². The van der Waals surface area contributed by atoms with Gasteiger partial charge in [0.15, 0.2) is 0 Å². The van der Waals surface area contributed by atoms with Crippen molar-refractivity contribution in [2.75, 3.05) is 39.5 Å². The third-order valence-electron chi connectivity index (χ3n) is 8.68. The quantitative estimate of drug-likeness (QED) is 0.0591. The Morgan fingerprint density at radius 2 is 0.941 bits per heavy atom. The third-order valence-corrected chi connectivity index (χ3v) is 8.68. The molecule has 2 fully saturated rings. The van der Waals surface area contributed by atoms with Gasteiger partial charge < -0.3 is 49.5 Å². The molecule has 0 bridgehead atoms. The summed E-state index contributed by atoms with van der Waals surface area (Å²) in [5, 5.41) is 11.2. The fourth-order valence-corrected chi connectivity index (χ4v) is 7.64. The molecule has 0 radical (unpaired) electrons. The van der Waals surface area contributed by atoms with Crippen molar-refractivity contribution in [3.8, 4) is 0 Å². The van der Waals surface area contributed by atoms with Crippen LogP contribution in [0, 0.1) is 21.7 Å². The first-order valence-corrected chi connectivity index (χ1v) is 17.0. The zero-order valence-electron chi connectivity index (χ0n) is 30.8. The summed E-state index contributed by atoms with van der Waals surface area (Å²) in [7, 11) is -0.599. The standard InChI is InChI=1S/C34H55BN4O12/c1-9-25(40)46-11-13-48-29(44)38-23-15-31(3,4)19-33(7,17-23)21-36-27(42)50-35-51-28(43)37-22-34(8)18-24(16-32(5,6)20-34)39-30(45)49-14-12-47-26(41)10-2/h9-10,23-24,35H,1-2,11-22H2,3-8H3,(H,36,42)(H,37,43)(H,38,44)(H,39,45). The molecule has 0 spiro atoms. The highest BCUT2D eigenvalue weighted by Crippen LogP contribution is 2.47. The van der Waals surface area contributed by atoms with E-state index >= 15 is 0 Å². The lowest BCUT2D eigenvalue weighted by atomic mass is 9.62. The Hall–Kier alpha value is -4.44. The Labute approximate surface area is 300 Å². The van der Waals surface area contributed by atoms with Crippen molar-refractivity contribution in [1.82, 2.24) is 21.3 Å². The Morgan fingerprint density at radius 3 is 1.29 bits per heavy atom. The summed E-state index contributed by atoms with van der Waals surface area (Å²) in [5.74, 6) is -1.21. The number of rotatable bonds is 16. The number of alkyl carbamates (subject to hydrolysis) is 2. The second kappa shape index (κ2) is 19.2. The van der Waals surface area contributed by atoms with Gasteiger partial charge in [0, 0.05) is 37.3 Å². The first-order chi connectivity index (χ1) is 23.8. The van der Waals surface area contributed by atoms with E-state index in [2.05, 4.69) is 62.1 Å². The van der Waals surface area contributed by atoms with Crippen LogP contribution < -0.4 is 21.3 Å². The van der Waals surface area contributed by atoms with Crippen LogP contribution in [0.4, 0.5) is 19.2 Å². The average Bonchev–Trinajstić information content (AvgIpc) is 3.01. The second-order valence-electron chi connectivity index (χ2n) is 15.5. The first kappa shape index (κ1) is 42.7. The molecule has 0 aromatic rings. The molecule has 286 valence electrons. The van der Waals surface area contributed by atoms with Crippen LogP contribution in [0.15, 0.2) is 25.3 Å². The average molecular weight is 723 g/mol. The van der Waals surface area contributed by atoms with Gasteiger partial charge in [-0.05, 0) is 60.2 Å². The van der Waals surface area contributed by atoms with Gasteiger partial charge >= 0.3 is 44.0 Å². The molecule has 0 heterocycles. The minimum absolute atomic E-state index is 0.0833. The van der Waals surface area contributed by atoms with Crippen molar-refractivity contribution in [2.45, 2.75) is 92.2 Å². The molecule has 4 amide bonds. The lowest BCUT2D eigenvalue weighted by Crippen LogP contribution is -2.51. The van der Waals surface area contributed by atoms with Crippen LogP contribution in [0.1, 0.15) is 80.1 Å². The van der Waals surface area contributed by atoms with E-state index < -0.39 is 44.0 Å². The molecule has 4 N–H and O–H groups in total. The summed E-state index contributed by atoms with van der Waals surface area (Å²) < 4.78 is 30.0. The fraction of sp³-hybridized carbons (Fsp3) is 0.706. The Morgan fingerprint density at radius 1 is 0.588 bits per heavy atom. The molecular formula is C34H55BN4O12. The van der Waals surface area contributed by atoms with Crippen molar-refractivity contribution in [2.24, 2.45) is 21.7 Å². The number of nitrogens with one attached hydrogen (secondary N) is 4. The van der Waals surface area contributed by atoms with Crippen LogP contribution in [-0.2, 0) is 37.8 Å². The number of carbonyl (C=O) groups is 6. The van der Waals surface area contributed by atoms with Gasteiger partial charge in [-0.15, -0.1) is 0 Å². The van der Waals surface area contributed by atoms with Crippen LogP contribution >= 0.6 is 0 Å². The largest absolute Gasteiger partial charge is 0.582 e. The maximum absolute atomic E-state index is 12.5. The third kappa shape index (κ3) is 16.9. The van der Waals surface area contributed by atoms with Crippen LogP contribution in [0.5, 0.6) is 0 Å². The number of amides is 4. The number of esters is 2. The zero-order valence-corrected chi connectivity index (χ0v) is 30.8. The minimum atomic E-state index is -0.758. The molecule has 51 heavy (non-hydrogen) atoms. The smallest absolute Gasteiger partial charge is 0.485 e. The van der Waals surface area contributed by atoms with Gasteiger partial charge in [-0.2, -0.15) is 0 Å². The summed E-state index contributed by atoms with van der Waals surface area (Å²) in [5.41, 5.74) is -1.07. The molecule has 16 nitrogen and oxygen atoms in total. The molecule has 0 aromatic carbocycles. The highest BCUT2D eigenvalue weighted by Gasteiger charge is 2.43. The van der Waals surface area contributed by atoms with Crippen molar-refractivity contribution in [3.63, 3.8) is 0 Å². The van der Waals surface area contributed by atoms with Gasteiger partial charge in [0.05, 0.1) is 0 Å². The van der Waals surface area contributed by atoms with Gasteiger partial charge in [0.2, 0.25) is 0 Å². The molecule has 2 rings (SSSR count). The summed E-state index contributed by atoms with van der Waals surface area (Å²) in [4.78, 5) is 71.8. The number of carbonyl (C=O) groups excluding carboxylic acids is 6. The summed E-state index contributed by atoms with van der Waals surface area (Å²) in [6.45, 7) is 19.1. The van der Waals surface area contributed by atoms with E-state index in [4.69, 9.17) is 28.3 Å². The molecule has 4 unspecified atom stereocenters. The molecule has 0 aromatic heterocycles. The number of ether oxygens (including phenoxy) is 4. The van der Waals surface area contributed by atoms with E-state index in [-0.39, 0.29) is 73.3 Å². The van der Waals surface area contributed by atoms with Crippen LogP contribution in [0.3, 0.4) is 0 Å². The van der Waals surface area contributed by atoms with E-state index in [1.807, 2.05) is 13.8 Å².